The van der Waals surface area contributed by atoms with Crippen molar-refractivity contribution in [3.8, 4) is 0 Å². The molecule has 0 spiro atoms. The van der Waals surface area contributed by atoms with Crippen molar-refractivity contribution >= 4 is 28.8 Å². The van der Waals surface area contributed by atoms with Gasteiger partial charge in [0.05, 0.1) is 5.38 Å². The van der Waals surface area contributed by atoms with Crippen LogP contribution in [0.1, 0.15) is 48.6 Å². The Bertz CT molecular complexity index is 700. The second-order valence-corrected chi connectivity index (χ2v) is 7.34. The molecule has 0 saturated carbocycles. The van der Waals surface area contributed by atoms with Crippen LogP contribution in [0, 0.1) is 0 Å². The van der Waals surface area contributed by atoms with Crippen LogP contribution in [-0.2, 0) is 19.3 Å². The van der Waals surface area contributed by atoms with E-state index < -0.39 is 0 Å². The largest absolute Gasteiger partial charge is 0.352 e. The number of halogens is 1. The molecule has 1 N–H and O–H groups in total. The summed E-state index contributed by atoms with van der Waals surface area (Å²) >= 11 is 8.50. The number of thiophene rings is 1. The van der Waals surface area contributed by atoms with Crippen molar-refractivity contribution in [3.05, 3.63) is 56.3 Å². The molecule has 2 aromatic rings. The lowest BCUT2D eigenvalue weighted by molar-refractivity contribution is 0.0946. The molecule has 4 rings (SSSR count). The van der Waals surface area contributed by atoms with Gasteiger partial charge in [0.1, 0.15) is 0 Å². The SMILES string of the molecule is O=C1NCCc2ccc(C(Cl)c3cc4c(s3)CCC4)cc21. The number of fused-ring (bicyclic) bond motifs is 2. The highest BCUT2D eigenvalue weighted by Gasteiger charge is 2.22. The van der Waals surface area contributed by atoms with Gasteiger partial charge in [-0.2, -0.15) is 0 Å². The fourth-order valence-electron chi connectivity index (χ4n) is 3.23. The number of rotatable bonds is 2. The molecule has 0 saturated heterocycles. The van der Waals surface area contributed by atoms with Gasteiger partial charge in [0.2, 0.25) is 0 Å². The number of amides is 1. The van der Waals surface area contributed by atoms with Crippen molar-refractivity contribution in [2.24, 2.45) is 0 Å². The fraction of sp³-hybridized carbons (Fsp3) is 0.353. The van der Waals surface area contributed by atoms with Gasteiger partial charge in [-0.15, -0.1) is 22.9 Å². The van der Waals surface area contributed by atoms with Gasteiger partial charge in [0.25, 0.3) is 5.91 Å². The summed E-state index contributed by atoms with van der Waals surface area (Å²) in [5.74, 6) is 0.0237. The maximum atomic E-state index is 12.0. The molecule has 2 nitrogen and oxygen atoms in total. The van der Waals surface area contributed by atoms with E-state index in [1.165, 1.54) is 34.6 Å². The zero-order valence-corrected chi connectivity index (χ0v) is 13.2. The fourth-order valence-corrected chi connectivity index (χ4v) is 4.82. The Morgan fingerprint density at radius 1 is 1.14 bits per heavy atom. The van der Waals surface area contributed by atoms with Crippen LogP contribution in [0.4, 0.5) is 0 Å². The molecule has 2 heterocycles. The quantitative estimate of drug-likeness (QED) is 0.837. The predicted molar refractivity (Wildman–Crippen MR) is 86.5 cm³/mol. The van der Waals surface area contributed by atoms with Gasteiger partial charge in [-0.05, 0) is 54.5 Å². The summed E-state index contributed by atoms with van der Waals surface area (Å²) in [6.45, 7) is 0.729. The number of hydrogen-bond acceptors (Lipinski definition) is 2. The van der Waals surface area contributed by atoms with Crippen LogP contribution in [0.5, 0.6) is 0 Å². The maximum Gasteiger partial charge on any atom is 0.251 e. The Morgan fingerprint density at radius 2 is 2.05 bits per heavy atom. The second-order valence-electron chi connectivity index (χ2n) is 5.74. The molecule has 21 heavy (non-hydrogen) atoms. The number of alkyl halides is 1. The van der Waals surface area contributed by atoms with Gasteiger partial charge in [0, 0.05) is 21.9 Å². The van der Waals surface area contributed by atoms with Gasteiger partial charge in [-0.25, -0.2) is 0 Å². The van der Waals surface area contributed by atoms with Gasteiger partial charge in [-0.3, -0.25) is 4.79 Å². The normalized spacial score (nSPS) is 18.0. The number of aryl methyl sites for hydroxylation is 2. The second kappa shape index (κ2) is 5.15. The molecule has 0 bridgehead atoms. The van der Waals surface area contributed by atoms with Crippen LogP contribution < -0.4 is 5.32 Å². The first-order chi connectivity index (χ1) is 10.2. The van der Waals surface area contributed by atoms with E-state index in [2.05, 4.69) is 23.5 Å². The van der Waals surface area contributed by atoms with Crippen molar-refractivity contribution in [1.82, 2.24) is 5.32 Å². The number of carbonyl (C=O) groups excluding carboxylic acids is 1. The lowest BCUT2D eigenvalue weighted by Crippen LogP contribution is -2.31. The third-order valence-electron chi connectivity index (χ3n) is 4.37. The van der Waals surface area contributed by atoms with E-state index in [0.29, 0.717) is 0 Å². The molecule has 4 heteroatoms. The van der Waals surface area contributed by atoms with E-state index in [0.717, 1.165) is 29.7 Å². The summed E-state index contributed by atoms with van der Waals surface area (Å²) in [6, 6.07) is 8.34. The van der Waals surface area contributed by atoms with Gasteiger partial charge in [0.15, 0.2) is 0 Å². The minimum Gasteiger partial charge on any atom is -0.352 e. The van der Waals surface area contributed by atoms with E-state index in [1.807, 2.05) is 17.4 Å². The average Bonchev–Trinajstić information content (AvgIpc) is 3.08. The number of nitrogens with one attached hydrogen (secondary N) is 1. The van der Waals surface area contributed by atoms with Crippen molar-refractivity contribution in [2.75, 3.05) is 6.54 Å². The molecule has 0 fully saturated rings. The third-order valence-corrected chi connectivity index (χ3v) is 6.28. The summed E-state index contributed by atoms with van der Waals surface area (Å²) < 4.78 is 0. The van der Waals surface area contributed by atoms with Crippen LogP contribution >= 0.6 is 22.9 Å². The first-order valence-electron chi connectivity index (χ1n) is 7.39. The highest BCUT2D eigenvalue weighted by molar-refractivity contribution is 7.12. The summed E-state index contributed by atoms with van der Waals surface area (Å²) in [4.78, 5) is 14.7. The minimum atomic E-state index is -0.152. The molecule has 1 aromatic carbocycles. The zero-order chi connectivity index (χ0) is 14.4. The van der Waals surface area contributed by atoms with Crippen molar-refractivity contribution in [2.45, 2.75) is 31.1 Å². The Hall–Kier alpha value is -1.32. The van der Waals surface area contributed by atoms with Crippen LogP contribution in [0.15, 0.2) is 24.3 Å². The lowest BCUT2D eigenvalue weighted by atomic mass is 9.96. The van der Waals surface area contributed by atoms with Crippen molar-refractivity contribution in [3.63, 3.8) is 0 Å². The Morgan fingerprint density at radius 3 is 2.90 bits per heavy atom. The van der Waals surface area contributed by atoms with Gasteiger partial charge >= 0.3 is 0 Å². The number of benzene rings is 1. The Labute approximate surface area is 133 Å². The average molecular weight is 318 g/mol. The van der Waals surface area contributed by atoms with E-state index in [4.69, 9.17) is 11.6 Å². The van der Waals surface area contributed by atoms with E-state index in [9.17, 15) is 4.79 Å². The lowest BCUT2D eigenvalue weighted by Gasteiger charge is -2.18. The number of carbonyl (C=O) groups is 1. The smallest absolute Gasteiger partial charge is 0.251 e. The van der Waals surface area contributed by atoms with Crippen LogP contribution in [-0.4, -0.2) is 12.5 Å². The molecule has 0 radical (unpaired) electrons. The van der Waals surface area contributed by atoms with Crippen LogP contribution in [0.25, 0.3) is 0 Å². The standard InChI is InChI=1S/C17H16ClNOS/c18-16(15-9-11-2-1-3-14(11)21-15)12-5-4-10-6-7-19-17(20)13(10)8-12/h4-5,8-9,16H,1-3,6-7H2,(H,19,20). The Kier molecular flexibility index (Phi) is 3.27. The Balaban J connectivity index is 1.69. The van der Waals surface area contributed by atoms with E-state index in [-0.39, 0.29) is 11.3 Å². The maximum absolute atomic E-state index is 12.0. The molecule has 1 aliphatic heterocycles. The molecular weight excluding hydrogens is 302 g/mol. The molecule has 1 aliphatic carbocycles. The van der Waals surface area contributed by atoms with Crippen molar-refractivity contribution in [1.29, 1.82) is 0 Å². The predicted octanol–water partition coefficient (Wildman–Crippen LogP) is 3.85. The highest BCUT2D eigenvalue weighted by Crippen LogP contribution is 2.39. The summed E-state index contributed by atoms with van der Waals surface area (Å²) in [6.07, 6.45) is 4.55. The molecule has 1 unspecified atom stereocenters. The minimum absolute atomic E-state index is 0.0237. The van der Waals surface area contributed by atoms with E-state index in [1.54, 1.807) is 0 Å². The van der Waals surface area contributed by atoms with E-state index >= 15 is 0 Å². The zero-order valence-electron chi connectivity index (χ0n) is 11.6. The van der Waals surface area contributed by atoms with Crippen LogP contribution in [0.2, 0.25) is 0 Å². The van der Waals surface area contributed by atoms with Crippen LogP contribution in [0.3, 0.4) is 0 Å². The third kappa shape index (κ3) is 2.29. The molecular formula is C17H16ClNOS. The number of hydrogen-bond donors (Lipinski definition) is 1. The molecule has 1 atom stereocenters. The molecule has 1 aromatic heterocycles. The molecule has 1 amide bonds. The summed E-state index contributed by atoms with van der Waals surface area (Å²) in [5, 5.41) is 2.74. The van der Waals surface area contributed by atoms with Crippen molar-refractivity contribution < 1.29 is 4.79 Å². The molecule has 2 aliphatic rings. The topological polar surface area (TPSA) is 29.1 Å². The first kappa shape index (κ1) is 13.4. The highest BCUT2D eigenvalue weighted by atomic mass is 35.5. The monoisotopic (exact) mass is 317 g/mol. The first-order valence-corrected chi connectivity index (χ1v) is 8.64. The summed E-state index contributed by atoms with van der Waals surface area (Å²) in [5.41, 5.74) is 4.40. The van der Waals surface area contributed by atoms with Gasteiger partial charge < -0.3 is 5.32 Å². The summed E-state index contributed by atoms with van der Waals surface area (Å²) in [7, 11) is 0. The van der Waals surface area contributed by atoms with Gasteiger partial charge in [-0.1, -0.05) is 12.1 Å². The molecule has 108 valence electrons.